The molecule has 1 aromatic rings. The summed E-state index contributed by atoms with van der Waals surface area (Å²) in [5.41, 5.74) is 0. The summed E-state index contributed by atoms with van der Waals surface area (Å²) in [5, 5.41) is 15.3. The molecule has 74 valence electrons. The highest BCUT2D eigenvalue weighted by molar-refractivity contribution is 9.10. The smallest absolute Gasteiger partial charge is 0.183 e. The van der Waals surface area contributed by atoms with Crippen LogP contribution in [0.2, 0.25) is 0 Å². The first-order valence-electron chi connectivity index (χ1n) is 4.12. The maximum absolute atomic E-state index is 9.50. The Morgan fingerprint density at radius 1 is 1.69 bits per heavy atom. The maximum atomic E-state index is 9.50. The van der Waals surface area contributed by atoms with Crippen molar-refractivity contribution in [1.29, 1.82) is 0 Å². The number of hydrogen-bond donors (Lipinski definition) is 2. The van der Waals surface area contributed by atoms with Gasteiger partial charge >= 0.3 is 0 Å². The van der Waals surface area contributed by atoms with Crippen molar-refractivity contribution in [2.45, 2.75) is 20.0 Å². The van der Waals surface area contributed by atoms with Crippen LogP contribution in [0.5, 0.6) is 0 Å². The Labute approximate surface area is 90.3 Å². The van der Waals surface area contributed by atoms with Gasteiger partial charge in [0.1, 0.15) is 4.60 Å². The van der Waals surface area contributed by atoms with E-state index in [1.807, 2.05) is 19.2 Å². The number of aliphatic hydroxyl groups is 1. The Kier molecular flexibility index (Phi) is 4.15. The lowest BCUT2D eigenvalue weighted by Gasteiger charge is -2.14. The molecule has 0 amide bonds. The molecule has 0 spiro atoms. The van der Waals surface area contributed by atoms with E-state index in [0.717, 1.165) is 9.73 Å². The number of nitrogens with zero attached hydrogens (tertiary/aromatic N) is 1. The van der Waals surface area contributed by atoms with Crippen molar-refractivity contribution in [3.8, 4) is 0 Å². The summed E-state index contributed by atoms with van der Waals surface area (Å²) < 4.78 is 0.832. The second-order valence-corrected chi connectivity index (χ2v) is 4.84. The molecule has 1 atom stereocenters. The van der Waals surface area contributed by atoms with Gasteiger partial charge in [-0.15, -0.1) is 11.3 Å². The molecule has 0 bridgehead atoms. The summed E-state index contributed by atoms with van der Waals surface area (Å²) >= 11 is 4.79. The topological polar surface area (TPSA) is 45.1 Å². The van der Waals surface area contributed by atoms with E-state index in [2.05, 4.69) is 26.2 Å². The molecule has 0 aliphatic heterocycles. The summed E-state index contributed by atoms with van der Waals surface area (Å²) in [6.45, 7) is 4.53. The number of anilines is 1. The van der Waals surface area contributed by atoms with Crippen LogP contribution in [-0.2, 0) is 0 Å². The van der Waals surface area contributed by atoms with E-state index in [4.69, 9.17) is 0 Å². The van der Waals surface area contributed by atoms with Gasteiger partial charge in [0.15, 0.2) is 5.13 Å². The van der Waals surface area contributed by atoms with Crippen LogP contribution in [0, 0.1) is 5.92 Å². The van der Waals surface area contributed by atoms with Gasteiger partial charge in [0, 0.05) is 11.9 Å². The van der Waals surface area contributed by atoms with Crippen LogP contribution >= 0.6 is 27.3 Å². The predicted molar refractivity (Wildman–Crippen MR) is 59.1 cm³/mol. The van der Waals surface area contributed by atoms with Gasteiger partial charge in [0.05, 0.1) is 6.10 Å². The van der Waals surface area contributed by atoms with Crippen molar-refractivity contribution in [2.75, 3.05) is 11.9 Å². The van der Waals surface area contributed by atoms with E-state index in [1.54, 1.807) is 0 Å². The number of nitrogens with one attached hydrogen (secondary N) is 1. The van der Waals surface area contributed by atoms with Gasteiger partial charge in [0.2, 0.25) is 0 Å². The van der Waals surface area contributed by atoms with Crippen molar-refractivity contribution >= 4 is 32.4 Å². The molecular formula is C8H13BrN2OS. The van der Waals surface area contributed by atoms with Crippen molar-refractivity contribution in [3.05, 3.63) is 9.98 Å². The molecule has 1 heterocycles. The average Bonchev–Trinajstić information content (AvgIpc) is 2.47. The lowest BCUT2D eigenvalue weighted by Crippen LogP contribution is -2.24. The zero-order valence-corrected chi connectivity index (χ0v) is 10.0. The summed E-state index contributed by atoms with van der Waals surface area (Å²) in [6.07, 6.45) is -0.317. The molecule has 0 saturated heterocycles. The average molecular weight is 265 g/mol. The molecule has 2 N–H and O–H groups in total. The van der Waals surface area contributed by atoms with Crippen LogP contribution in [0.25, 0.3) is 0 Å². The fraction of sp³-hybridized carbons (Fsp3) is 0.625. The normalized spacial score (nSPS) is 13.3. The number of halogens is 1. The van der Waals surface area contributed by atoms with E-state index in [0.29, 0.717) is 6.54 Å². The van der Waals surface area contributed by atoms with Crippen LogP contribution < -0.4 is 5.32 Å². The van der Waals surface area contributed by atoms with Gasteiger partial charge in [-0.05, 0) is 21.8 Å². The predicted octanol–water partition coefficient (Wildman–Crippen LogP) is 2.33. The van der Waals surface area contributed by atoms with E-state index in [-0.39, 0.29) is 12.0 Å². The second-order valence-electron chi connectivity index (χ2n) is 3.17. The van der Waals surface area contributed by atoms with Crippen molar-refractivity contribution in [3.63, 3.8) is 0 Å². The van der Waals surface area contributed by atoms with Crippen molar-refractivity contribution in [2.24, 2.45) is 5.92 Å². The van der Waals surface area contributed by atoms with E-state index < -0.39 is 0 Å². The molecule has 0 aliphatic rings. The molecule has 1 aromatic heterocycles. The van der Waals surface area contributed by atoms with Gasteiger partial charge in [-0.3, -0.25) is 0 Å². The molecule has 0 saturated carbocycles. The molecule has 0 aromatic carbocycles. The van der Waals surface area contributed by atoms with Crippen LogP contribution in [0.1, 0.15) is 13.8 Å². The van der Waals surface area contributed by atoms with Crippen LogP contribution in [0.3, 0.4) is 0 Å². The number of thiazole rings is 1. The third-order valence-electron chi connectivity index (χ3n) is 1.71. The molecule has 13 heavy (non-hydrogen) atoms. The van der Waals surface area contributed by atoms with Crippen LogP contribution in [0.4, 0.5) is 5.13 Å². The van der Waals surface area contributed by atoms with Gasteiger partial charge in [-0.1, -0.05) is 13.8 Å². The Bertz CT molecular complexity index is 264. The summed E-state index contributed by atoms with van der Waals surface area (Å²) in [5.74, 6) is 0.274. The highest BCUT2D eigenvalue weighted by Gasteiger charge is 2.09. The minimum atomic E-state index is -0.317. The largest absolute Gasteiger partial charge is 0.391 e. The standard InChI is InChI=1S/C8H13BrN2OS/c1-5(2)6(12)3-10-8-11-7(9)4-13-8/h4-6,12H,3H2,1-2H3,(H,10,11). The molecule has 1 rings (SSSR count). The molecule has 0 radical (unpaired) electrons. The van der Waals surface area contributed by atoms with E-state index >= 15 is 0 Å². The Hall–Kier alpha value is -0.130. The SMILES string of the molecule is CC(C)C(O)CNc1nc(Br)cs1. The van der Waals surface area contributed by atoms with E-state index in [9.17, 15) is 5.11 Å². The number of aromatic nitrogens is 1. The van der Waals surface area contributed by atoms with Gasteiger partial charge in [-0.25, -0.2) is 4.98 Å². The minimum Gasteiger partial charge on any atom is -0.391 e. The first-order chi connectivity index (χ1) is 6.09. The molecule has 0 fully saturated rings. The van der Waals surface area contributed by atoms with Crippen LogP contribution in [0.15, 0.2) is 9.98 Å². The second kappa shape index (κ2) is 4.93. The van der Waals surface area contributed by atoms with Gasteiger partial charge < -0.3 is 10.4 Å². The highest BCUT2D eigenvalue weighted by Crippen LogP contribution is 2.19. The summed E-state index contributed by atoms with van der Waals surface area (Å²) in [6, 6.07) is 0. The van der Waals surface area contributed by atoms with Gasteiger partial charge in [0.25, 0.3) is 0 Å². The van der Waals surface area contributed by atoms with E-state index in [1.165, 1.54) is 11.3 Å². The fourth-order valence-corrected chi connectivity index (χ4v) is 1.92. The Morgan fingerprint density at radius 2 is 2.38 bits per heavy atom. The fourth-order valence-electron chi connectivity index (χ4n) is 0.763. The summed E-state index contributed by atoms with van der Waals surface area (Å²) in [4.78, 5) is 4.15. The first-order valence-corrected chi connectivity index (χ1v) is 5.80. The zero-order chi connectivity index (χ0) is 9.84. The number of hydrogen-bond acceptors (Lipinski definition) is 4. The molecule has 1 unspecified atom stereocenters. The molecular weight excluding hydrogens is 252 g/mol. The Morgan fingerprint density at radius 3 is 2.85 bits per heavy atom. The minimum absolute atomic E-state index is 0.274. The van der Waals surface area contributed by atoms with Crippen LogP contribution in [-0.4, -0.2) is 22.7 Å². The lowest BCUT2D eigenvalue weighted by atomic mass is 10.1. The molecule has 5 heteroatoms. The van der Waals surface area contributed by atoms with Gasteiger partial charge in [-0.2, -0.15) is 0 Å². The lowest BCUT2D eigenvalue weighted by molar-refractivity contribution is 0.138. The quantitative estimate of drug-likeness (QED) is 0.878. The summed E-state index contributed by atoms with van der Waals surface area (Å²) in [7, 11) is 0. The third-order valence-corrected chi connectivity index (χ3v) is 3.22. The highest BCUT2D eigenvalue weighted by atomic mass is 79.9. The Balaban J connectivity index is 2.35. The molecule has 3 nitrogen and oxygen atoms in total. The zero-order valence-electron chi connectivity index (χ0n) is 7.62. The maximum Gasteiger partial charge on any atom is 0.183 e. The first kappa shape index (κ1) is 10.9. The van der Waals surface area contributed by atoms with Crippen molar-refractivity contribution in [1.82, 2.24) is 4.98 Å². The monoisotopic (exact) mass is 264 g/mol. The number of rotatable bonds is 4. The van der Waals surface area contributed by atoms with Crippen molar-refractivity contribution < 1.29 is 5.11 Å². The number of aliphatic hydroxyl groups excluding tert-OH is 1. The third kappa shape index (κ3) is 3.62. The molecule has 0 aliphatic carbocycles.